The van der Waals surface area contributed by atoms with Crippen molar-refractivity contribution in [2.24, 2.45) is 0 Å². The van der Waals surface area contributed by atoms with E-state index in [0.29, 0.717) is 24.3 Å². The number of amides is 1. The summed E-state index contributed by atoms with van der Waals surface area (Å²) in [7, 11) is 0. The van der Waals surface area contributed by atoms with Crippen LogP contribution < -0.4 is 5.32 Å². The van der Waals surface area contributed by atoms with E-state index in [9.17, 15) is 9.90 Å². The van der Waals surface area contributed by atoms with Gasteiger partial charge in [0.1, 0.15) is 5.60 Å². The zero-order chi connectivity index (χ0) is 15.3. The highest BCUT2D eigenvalue weighted by molar-refractivity contribution is 7.99. The number of thioether (sulfide) groups is 1. The smallest absolute Gasteiger partial charge is 0.252 e. The number of carbonyl (C=O) groups is 1. The predicted molar refractivity (Wildman–Crippen MR) is 80.1 cm³/mol. The van der Waals surface area contributed by atoms with Crippen LogP contribution in [0, 0.1) is 11.3 Å². The number of nitriles is 1. The Morgan fingerprint density at radius 2 is 2.38 bits per heavy atom. The minimum absolute atomic E-state index is 0.157. The van der Waals surface area contributed by atoms with Crippen molar-refractivity contribution in [3.8, 4) is 6.07 Å². The van der Waals surface area contributed by atoms with Gasteiger partial charge in [0.2, 0.25) is 0 Å². The van der Waals surface area contributed by atoms with E-state index < -0.39 is 5.60 Å². The fraction of sp³-hybridized carbons (Fsp3) is 0.467. The lowest BCUT2D eigenvalue weighted by atomic mass is 9.96. The number of aliphatic hydroxyl groups is 1. The highest BCUT2D eigenvalue weighted by Crippen LogP contribution is 2.26. The molecule has 6 heteroatoms. The van der Waals surface area contributed by atoms with Crippen molar-refractivity contribution in [3.05, 3.63) is 29.8 Å². The molecule has 1 heterocycles. The van der Waals surface area contributed by atoms with Crippen LogP contribution in [0.2, 0.25) is 0 Å². The topological polar surface area (TPSA) is 82.3 Å². The Balaban J connectivity index is 2.02. The summed E-state index contributed by atoms with van der Waals surface area (Å²) in [5, 5.41) is 21.8. The molecule has 1 amide bonds. The highest BCUT2D eigenvalue weighted by atomic mass is 32.2. The molecule has 0 radical (unpaired) electrons. The second kappa shape index (κ2) is 6.94. The minimum atomic E-state index is -1.01. The standard InChI is InChI=1S/C15H18N2O3S/c1-11-15(19,6-8-20-11)10-17-14(18)12-4-2-3-5-13(12)21-9-7-16/h2-5,11,19H,6,8-10H2,1H3,(H,17,18). The van der Waals surface area contributed by atoms with Crippen LogP contribution >= 0.6 is 11.8 Å². The van der Waals surface area contributed by atoms with Gasteiger partial charge >= 0.3 is 0 Å². The number of carbonyl (C=O) groups excluding carboxylic acids is 1. The van der Waals surface area contributed by atoms with E-state index in [-0.39, 0.29) is 18.6 Å². The van der Waals surface area contributed by atoms with Gasteiger partial charge in [0.15, 0.2) is 0 Å². The fourth-order valence-electron chi connectivity index (χ4n) is 2.22. The largest absolute Gasteiger partial charge is 0.385 e. The first-order valence-electron chi connectivity index (χ1n) is 6.78. The van der Waals surface area contributed by atoms with Crippen LogP contribution in [0.15, 0.2) is 29.2 Å². The van der Waals surface area contributed by atoms with Crippen LogP contribution in [0.4, 0.5) is 0 Å². The van der Waals surface area contributed by atoms with E-state index in [4.69, 9.17) is 10.00 Å². The third kappa shape index (κ3) is 3.76. The first kappa shape index (κ1) is 15.8. The Hall–Kier alpha value is -1.55. The molecule has 2 rings (SSSR count). The number of hydrogen-bond acceptors (Lipinski definition) is 5. The second-order valence-corrected chi connectivity index (χ2v) is 6.01. The molecule has 2 atom stereocenters. The SMILES string of the molecule is CC1OCCC1(O)CNC(=O)c1ccccc1SCC#N. The summed E-state index contributed by atoms with van der Waals surface area (Å²) < 4.78 is 5.34. The lowest BCUT2D eigenvalue weighted by Gasteiger charge is -2.26. The summed E-state index contributed by atoms with van der Waals surface area (Å²) in [5.41, 5.74) is -0.488. The van der Waals surface area contributed by atoms with Crippen molar-refractivity contribution >= 4 is 17.7 Å². The highest BCUT2D eigenvalue weighted by Gasteiger charge is 2.39. The Morgan fingerprint density at radius 1 is 1.62 bits per heavy atom. The van der Waals surface area contributed by atoms with Gasteiger partial charge in [-0.25, -0.2) is 0 Å². The number of nitrogens with one attached hydrogen (secondary N) is 1. The van der Waals surface area contributed by atoms with Crippen molar-refractivity contribution in [1.29, 1.82) is 5.26 Å². The van der Waals surface area contributed by atoms with E-state index in [1.165, 1.54) is 11.8 Å². The van der Waals surface area contributed by atoms with Crippen molar-refractivity contribution in [2.45, 2.75) is 29.9 Å². The maximum atomic E-state index is 12.3. The molecule has 1 aliphatic rings. The zero-order valence-corrected chi connectivity index (χ0v) is 12.7. The quantitative estimate of drug-likeness (QED) is 0.807. The summed E-state index contributed by atoms with van der Waals surface area (Å²) in [6.45, 7) is 2.46. The number of benzene rings is 1. The molecule has 1 aliphatic heterocycles. The molecule has 0 aliphatic carbocycles. The van der Waals surface area contributed by atoms with E-state index in [1.807, 2.05) is 18.2 Å². The molecular weight excluding hydrogens is 288 g/mol. The third-order valence-corrected chi connectivity index (χ3v) is 4.58. The summed E-state index contributed by atoms with van der Waals surface area (Å²) >= 11 is 1.32. The van der Waals surface area contributed by atoms with Gasteiger partial charge in [0.05, 0.1) is 23.5 Å². The monoisotopic (exact) mass is 306 g/mol. The van der Waals surface area contributed by atoms with Crippen molar-refractivity contribution in [2.75, 3.05) is 18.9 Å². The molecular formula is C15H18N2O3S. The fourth-order valence-corrected chi connectivity index (χ4v) is 2.93. The van der Waals surface area contributed by atoms with Gasteiger partial charge in [-0.3, -0.25) is 4.79 Å². The Kier molecular flexibility index (Phi) is 5.23. The molecule has 0 aromatic heterocycles. The lowest BCUT2D eigenvalue weighted by Crippen LogP contribution is -2.47. The van der Waals surface area contributed by atoms with Crippen LogP contribution in [0.1, 0.15) is 23.7 Å². The average molecular weight is 306 g/mol. The molecule has 112 valence electrons. The van der Waals surface area contributed by atoms with E-state index >= 15 is 0 Å². The summed E-state index contributed by atoms with van der Waals surface area (Å²) in [6, 6.07) is 9.18. The molecule has 1 aromatic rings. The van der Waals surface area contributed by atoms with E-state index in [0.717, 1.165) is 4.90 Å². The zero-order valence-electron chi connectivity index (χ0n) is 11.8. The second-order valence-electron chi connectivity index (χ2n) is 4.99. The van der Waals surface area contributed by atoms with E-state index in [1.54, 1.807) is 19.1 Å². The lowest BCUT2D eigenvalue weighted by molar-refractivity contribution is -0.0251. The molecule has 1 saturated heterocycles. The molecule has 1 fully saturated rings. The predicted octanol–water partition coefficient (Wildman–Crippen LogP) is 1.57. The van der Waals surface area contributed by atoms with Crippen molar-refractivity contribution < 1.29 is 14.6 Å². The van der Waals surface area contributed by atoms with Crippen LogP contribution in [0.5, 0.6) is 0 Å². The van der Waals surface area contributed by atoms with Gasteiger partial charge in [-0.1, -0.05) is 12.1 Å². The number of rotatable bonds is 5. The van der Waals surface area contributed by atoms with Gasteiger partial charge in [0.25, 0.3) is 5.91 Å². The first-order chi connectivity index (χ1) is 10.1. The molecule has 0 spiro atoms. The molecule has 5 nitrogen and oxygen atoms in total. The maximum absolute atomic E-state index is 12.3. The van der Waals surface area contributed by atoms with Gasteiger partial charge in [-0.15, -0.1) is 11.8 Å². The number of ether oxygens (including phenoxy) is 1. The van der Waals surface area contributed by atoms with Crippen LogP contribution in [0.3, 0.4) is 0 Å². The Bertz CT molecular complexity index is 558. The third-order valence-electron chi connectivity index (χ3n) is 3.64. The Morgan fingerprint density at radius 3 is 3.05 bits per heavy atom. The Labute approximate surface area is 128 Å². The van der Waals surface area contributed by atoms with Gasteiger partial charge in [-0.05, 0) is 19.1 Å². The van der Waals surface area contributed by atoms with Crippen LogP contribution in [0.25, 0.3) is 0 Å². The summed E-state index contributed by atoms with van der Waals surface area (Å²) in [6.07, 6.45) is 0.222. The molecule has 1 aromatic carbocycles. The average Bonchev–Trinajstić information content (AvgIpc) is 2.83. The first-order valence-corrected chi connectivity index (χ1v) is 7.76. The summed E-state index contributed by atoms with van der Waals surface area (Å²) in [5.74, 6) is 0.0441. The van der Waals surface area contributed by atoms with Crippen LogP contribution in [-0.2, 0) is 4.74 Å². The summed E-state index contributed by atoms with van der Waals surface area (Å²) in [4.78, 5) is 13.0. The normalized spacial score (nSPS) is 24.5. The van der Waals surface area contributed by atoms with E-state index in [2.05, 4.69) is 5.32 Å². The van der Waals surface area contributed by atoms with Gasteiger partial charge in [-0.2, -0.15) is 5.26 Å². The minimum Gasteiger partial charge on any atom is -0.385 e. The molecule has 2 N–H and O–H groups in total. The van der Waals surface area contributed by atoms with Crippen molar-refractivity contribution in [3.63, 3.8) is 0 Å². The number of nitrogens with zero attached hydrogens (tertiary/aromatic N) is 1. The molecule has 21 heavy (non-hydrogen) atoms. The van der Waals surface area contributed by atoms with Crippen molar-refractivity contribution in [1.82, 2.24) is 5.32 Å². The van der Waals surface area contributed by atoms with Gasteiger partial charge in [0, 0.05) is 24.5 Å². The number of hydrogen-bond donors (Lipinski definition) is 2. The maximum Gasteiger partial charge on any atom is 0.252 e. The molecule has 0 saturated carbocycles. The van der Waals surface area contributed by atoms with Gasteiger partial charge < -0.3 is 15.2 Å². The molecule has 0 bridgehead atoms. The van der Waals surface area contributed by atoms with Crippen LogP contribution in [-0.4, -0.2) is 41.6 Å². The molecule has 2 unspecified atom stereocenters.